The van der Waals surface area contributed by atoms with Crippen LogP contribution < -0.4 is 5.32 Å². The summed E-state index contributed by atoms with van der Waals surface area (Å²) in [6.45, 7) is 8.62. The maximum absolute atomic E-state index is 12.4. The Morgan fingerprint density at radius 2 is 1.71 bits per heavy atom. The van der Waals surface area contributed by atoms with Crippen LogP contribution in [-0.2, 0) is 10.2 Å². The fraction of sp³-hybridized carbons (Fsp3) is 0.500. The maximum Gasteiger partial charge on any atom is 0.236 e. The van der Waals surface area contributed by atoms with Crippen molar-refractivity contribution in [2.75, 3.05) is 5.32 Å². The number of carbonyl (C=O) groups is 1. The Labute approximate surface area is 106 Å². The second-order valence-electron chi connectivity index (χ2n) is 6.12. The Morgan fingerprint density at radius 3 is 2.24 bits per heavy atom. The van der Waals surface area contributed by atoms with Crippen LogP contribution in [0.1, 0.15) is 33.3 Å². The van der Waals surface area contributed by atoms with Crippen molar-refractivity contribution >= 4 is 23.2 Å². The molecule has 1 aliphatic carbocycles. The van der Waals surface area contributed by atoms with Gasteiger partial charge >= 0.3 is 0 Å². The molecule has 0 atom stereocenters. The van der Waals surface area contributed by atoms with Crippen molar-refractivity contribution in [2.45, 2.75) is 33.1 Å². The van der Waals surface area contributed by atoms with Gasteiger partial charge in [0, 0.05) is 0 Å². The number of hydrogen-bond donors (Lipinski definition) is 1. The molecule has 1 amide bonds. The van der Waals surface area contributed by atoms with Crippen LogP contribution in [0.25, 0.3) is 0 Å². The van der Waals surface area contributed by atoms with Crippen LogP contribution in [-0.4, -0.2) is 5.91 Å². The SMILES string of the molecule is CC1(C)C(C)(C)C12C(=O)Nc1c(Cl)cccc12. The summed E-state index contributed by atoms with van der Waals surface area (Å²) in [4.78, 5) is 12.4. The first-order valence-electron chi connectivity index (χ1n) is 5.89. The van der Waals surface area contributed by atoms with E-state index in [4.69, 9.17) is 11.6 Å². The molecule has 0 unspecified atom stereocenters. The quantitative estimate of drug-likeness (QED) is 0.748. The molecule has 1 aliphatic heterocycles. The van der Waals surface area contributed by atoms with Crippen molar-refractivity contribution in [3.8, 4) is 0 Å². The summed E-state index contributed by atoms with van der Waals surface area (Å²) in [5.41, 5.74) is 1.36. The van der Waals surface area contributed by atoms with E-state index in [1.54, 1.807) is 0 Å². The molecule has 1 N–H and O–H groups in total. The van der Waals surface area contributed by atoms with E-state index in [1.807, 2.05) is 18.2 Å². The third-order valence-electron chi connectivity index (χ3n) is 5.37. The predicted molar refractivity (Wildman–Crippen MR) is 69.3 cm³/mol. The summed E-state index contributed by atoms with van der Waals surface area (Å²) in [5.74, 6) is 0.0931. The van der Waals surface area contributed by atoms with Gasteiger partial charge in [-0.25, -0.2) is 0 Å². The number of benzene rings is 1. The average molecular weight is 250 g/mol. The molecule has 2 nitrogen and oxygen atoms in total. The summed E-state index contributed by atoms with van der Waals surface area (Å²) in [7, 11) is 0. The number of halogens is 1. The largest absolute Gasteiger partial charge is 0.324 e. The first kappa shape index (κ1) is 11.1. The van der Waals surface area contributed by atoms with Gasteiger partial charge in [-0.2, -0.15) is 0 Å². The molecule has 0 radical (unpaired) electrons. The van der Waals surface area contributed by atoms with Gasteiger partial charge in [0.15, 0.2) is 0 Å². The molecule has 1 aromatic rings. The van der Waals surface area contributed by atoms with E-state index in [1.165, 1.54) is 0 Å². The molecular formula is C14H16ClNO. The molecule has 90 valence electrons. The minimum Gasteiger partial charge on any atom is -0.324 e. The number of carbonyl (C=O) groups excluding carboxylic acids is 1. The van der Waals surface area contributed by atoms with Crippen molar-refractivity contribution < 1.29 is 4.79 Å². The maximum atomic E-state index is 12.4. The van der Waals surface area contributed by atoms with Gasteiger partial charge in [-0.1, -0.05) is 51.4 Å². The number of nitrogens with one attached hydrogen (secondary N) is 1. The molecule has 3 heteroatoms. The molecule has 1 fully saturated rings. The Morgan fingerprint density at radius 1 is 1.12 bits per heavy atom. The van der Waals surface area contributed by atoms with Crippen LogP contribution in [0.4, 0.5) is 5.69 Å². The van der Waals surface area contributed by atoms with E-state index in [9.17, 15) is 4.79 Å². The monoisotopic (exact) mass is 249 g/mol. The van der Waals surface area contributed by atoms with Crippen molar-refractivity contribution in [2.24, 2.45) is 10.8 Å². The number of anilines is 1. The van der Waals surface area contributed by atoms with E-state index in [2.05, 4.69) is 33.0 Å². The van der Waals surface area contributed by atoms with Gasteiger partial charge in [-0.3, -0.25) is 4.79 Å². The summed E-state index contributed by atoms with van der Waals surface area (Å²) < 4.78 is 0. The van der Waals surface area contributed by atoms with E-state index in [0.717, 1.165) is 11.3 Å². The Hall–Kier alpha value is -1.02. The van der Waals surface area contributed by atoms with Gasteiger partial charge < -0.3 is 5.32 Å². The lowest BCUT2D eigenvalue weighted by Crippen LogP contribution is -2.26. The molecule has 0 bridgehead atoms. The first-order chi connectivity index (χ1) is 7.78. The number of hydrogen-bond acceptors (Lipinski definition) is 1. The number of fused-ring (bicyclic) bond motifs is 2. The summed E-state index contributed by atoms with van der Waals surface area (Å²) in [6, 6.07) is 5.77. The molecule has 1 spiro atoms. The molecule has 0 saturated heterocycles. The lowest BCUT2D eigenvalue weighted by molar-refractivity contribution is -0.119. The van der Waals surface area contributed by atoms with Crippen molar-refractivity contribution in [3.63, 3.8) is 0 Å². The second kappa shape index (κ2) is 2.69. The van der Waals surface area contributed by atoms with E-state index < -0.39 is 5.41 Å². The van der Waals surface area contributed by atoms with Gasteiger partial charge in [0.2, 0.25) is 5.91 Å². The zero-order valence-corrected chi connectivity index (χ0v) is 11.3. The number of para-hydroxylation sites is 1. The summed E-state index contributed by atoms with van der Waals surface area (Å²) in [5, 5.41) is 3.59. The Kier molecular flexibility index (Phi) is 1.76. The van der Waals surface area contributed by atoms with Crippen LogP contribution in [0.2, 0.25) is 5.02 Å². The molecule has 1 aromatic carbocycles. The lowest BCUT2D eigenvalue weighted by atomic mass is 9.87. The van der Waals surface area contributed by atoms with Crippen LogP contribution in [0, 0.1) is 10.8 Å². The van der Waals surface area contributed by atoms with Crippen LogP contribution in [0.5, 0.6) is 0 Å². The fourth-order valence-corrected chi connectivity index (χ4v) is 4.07. The normalized spacial score (nSPS) is 25.6. The highest BCUT2D eigenvalue weighted by Gasteiger charge is 2.83. The zero-order valence-electron chi connectivity index (χ0n) is 10.5. The van der Waals surface area contributed by atoms with Gasteiger partial charge in [-0.05, 0) is 22.5 Å². The minimum absolute atomic E-state index is 0.0417. The zero-order chi connectivity index (χ0) is 12.6. The van der Waals surface area contributed by atoms with Gasteiger partial charge in [-0.15, -0.1) is 0 Å². The highest BCUT2D eigenvalue weighted by atomic mass is 35.5. The van der Waals surface area contributed by atoms with Crippen LogP contribution >= 0.6 is 11.6 Å². The van der Waals surface area contributed by atoms with E-state index in [0.29, 0.717) is 5.02 Å². The third-order valence-corrected chi connectivity index (χ3v) is 5.69. The first-order valence-corrected chi connectivity index (χ1v) is 6.27. The van der Waals surface area contributed by atoms with Crippen molar-refractivity contribution in [3.05, 3.63) is 28.8 Å². The second-order valence-corrected chi connectivity index (χ2v) is 6.52. The highest BCUT2D eigenvalue weighted by molar-refractivity contribution is 6.35. The van der Waals surface area contributed by atoms with E-state index >= 15 is 0 Å². The minimum atomic E-state index is -0.416. The summed E-state index contributed by atoms with van der Waals surface area (Å²) >= 11 is 6.16. The molecule has 1 saturated carbocycles. The molecule has 3 rings (SSSR count). The highest BCUT2D eigenvalue weighted by Crippen LogP contribution is 2.80. The van der Waals surface area contributed by atoms with E-state index in [-0.39, 0.29) is 16.7 Å². The topological polar surface area (TPSA) is 29.1 Å². The van der Waals surface area contributed by atoms with Gasteiger partial charge in [0.05, 0.1) is 16.1 Å². The molecular weight excluding hydrogens is 234 g/mol. The van der Waals surface area contributed by atoms with Gasteiger partial charge in [0.25, 0.3) is 0 Å². The molecule has 17 heavy (non-hydrogen) atoms. The smallest absolute Gasteiger partial charge is 0.236 e. The fourth-order valence-electron chi connectivity index (χ4n) is 3.85. The van der Waals surface area contributed by atoms with Crippen LogP contribution in [0.3, 0.4) is 0 Å². The molecule has 1 heterocycles. The third kappa shape index (κ3) is 0.866. The Balaban J connectivity index is 2.32. The van der Waals surface area contributed by atoms with Crippen LogP contribution in [0.15, 0.2) is 18.2 Å². The standard InChI is InChI=1S/C14H16ClNO/c1-12(2)13(3,4)14(12)8-6-5-7-9(15)10(8)16-11(14)17/h5-7H,1-4H3,(H,16,17). The number of amides is 1. The molecule has 2 aliphatic rings. The average Bonchev–Trinajstić information content (AvgIpc) is 2.52. The summed E-state index contributed by atoms with van der Waals surface area (Å²) in [6.07, 6.45) is 0. The molecule has 0 aromatic heterocycles. The number of rotatable bonds is 0. The predicted octanol–water partition coefficient (Wildman–Crippen LogP) is 3.60. The Bertz CT molecular complexity index is 531. The van der Waals surface area contributed by atoms with Crippen molar-refractivity contribution in [1.29, 1.82) is 0 Å². The van der Waals surface area contributed by atoms with Gasteiger partial charge in [0.1, 0.15) is 0 Å². The lowest BCUT2D eigenvalue weighted by Gasteiger charge is -2.12. The van der Waals surface area contributed by atoms with Crippen molar-refractivity contribution in [1.82, 2.24) is 0 Å².